The number of amides is 1. The molecule has 0 aliphatic carbocycles. The Hall–Kier alpha value is -0.590. The maximum absolute atomic E-state index is 11.9. The molecule has 0 radical (unpaired) electrons. The molecule has 1 rings (SSSR count). The van der Waals surface area contributed by atoms with Crippen molar-refractivity contribution in [1.29, 1.82) is 0 Å². The van der Waals surface area contributed by atoms with Crippen LogP contribution in [0.3, 0.4) is 0 Å². The van der Waals surface area contributed by atoms with Gasteiger partial charge in [-0.3, -0.25) is 4.79 Å². The highest BCUT2D eigenvalue weighted by molar-refractivity contribution is 7.99. The first-order valence-corrected chi connectivity index (χ1v) is 8.75. The molecular weight excluding hydrogens is 292 g/mol. The van der Waals surface area contributed by atoms with E-state index < -0.39 is 0 Å². The summed E-state index contributed by atoms with van der Waals surface area (Å²) < 4.78 is 0. The van der Waals surface area contributed by atoms with Crippen LogP contribution in [0.1, 0.15) is 37.9 Å². The molecule has 0 spiro atoms. The molecule has 2 N–H and O–H groups in total. The predicted octanol–water partition coefficient (Wildman–Crippen LogP) is 2.60. The summed E-state index contributed by atoms with van der Waals surface area (Å²) >= 11 is 3.20. The molecule has 0 saturated heterocycles. The van der Waals surface area contributed by atoms with Gasteiger partial charge in [0.05, 0.1) is 16.5 Å². The first kappa shape index (κ1) is 17.5. The highest BCUT2D eigenvalue weighted by Crippen LogP contribution is 2.22. The van der Waals surface area contributed by atoms with Gasteiger partial charge < -0.3 is 10.4 Å². The van der Waals surface area contributed by atoms with Gasteiger partial charge in [-0.2, -0.15) is 0 Å². The molecule has 1 aromatic rings. The fourth-order valence-corrected chi connectivity index (χ4v) is 3.26. The molecule has 0 aromatic carbocycles. The van der Waals surface area contributed by atoms with Gasteiger partial charge in [0.15, 0.2) is 0 Å². The van der Waals surface area contributed by atoms with Gasteiger partial charge in [-0.15, -0.1) is 23.1 Å². The highest BCUT2D eigenvalue weighted by Gasteiger charge is 2.25. The Morgan fingerprint density at radius 1 is 1.55 bits per heavy atom. The number of thiazole rings is 1. The summed E-state index contributed by atoms with van der Waals surface area (Å²) in [4.78, 5) is 16.3. The number of aliphatic hydroxyl groups is 1. The standard InChI is InChI=1S/C14H24N2O2S2/c1-10-15-11(8-20-10)7-19-9-13(18)16-12(5-6-17)14(2,3)4/h8,12,17H,5-7,9H2,1-4H3,(H,16,18). The van der Waals surface area contributed by atoms with Crippen LogP contribution >= 0.6 is 23.1 Å². The number of carbonyl (C=O) groups excluding carboxylic acids is 1. The lowest BCUT2D eigenvalue weighted by molar-refractivity contribution is -0.120. The van der Waals surface area contributed by atoms with Crippen molar-refractivity contribution in [3.63, 3.8) is 0 Å². The van der Waals surface area contributed by atoms with Crippen molar-refractivity contribution in [2.45, 2.75) is 45.9 Å². The SMILES string of the molecule is Cc1nc(CSCC(=O)NC(CCO)C(C)(C)C)cs1. The lowest BCUT2D eigenvalue weighted by Gasteiger charge is -2.31. The Labute approximate surface area is 129 Å². The van der Waals surface area contributed by atoms with Gasteiger partial charge in [0.2, 0.25) is 5.91 Å². The van der Waals surface area contributed by atoms with E-state index in [2.05, 4.69) is 31.1 Å². The molecule has 1 heterocycles. The Kier molecular flexibility index (Phi) is 6.99. The van der Waals surface area contributed by atoms with Gasteiger partial charge in [-0.05, 0) is 18.8 Å². The first-order chi connectivity index (χ1) is 9.32. The number of rotatable bonds is 7. The van der Waals surface area contributed by atoms with Gasteiger partial charge in [-0.25, -0.2) is 4.98 Å². The minimum Gasteiger partial charge on any atom is -0.396 e. The van der Waals surface area contributed by atoms with E-state index in [0.717, 1.165) is 16.5 Å². The van der Waals surface area contributed by atoms with E-state index in [1.807, 2.05) is 12.3 Å². The number of hydrogen-bond acceptors (Lipinski definition) is 5. The van der Waals surface area contributed by atoms with E-state index in [0.29, 0.717) is 12.2 Å². The molecule has 0 aliphatic rings. The van der Waals surface area contributed by atoms with Crippen LogP contribution in [0.2, 0.25) is 0 Å². The van der Waals surface area contributed by atoms with Crippen LogP contribution < -0.4 is 5.32 Å². The fraction of sp³-hybridized carbons (Fsp3) is 0.714. The van der Waals surface area contributed by atoms with Gasteiger partial charge >= 0.3 is 0 Å². The molecule has 20 heavy (non-hydrogen) atoms. The van der Waals surface area contributed by atoms with E-state index in [4.69, 9.17) is 5.11 Å². The minimum absolute atomic E-state index is 0.00196. The molecule has 4 nitrogen and oxygen atoms in total. The third-order valence-corrected chi connectivity index (χ3v) is 4.74. The second kappa shape index (κ2) is 8.00. The average molecular weight is 316 g/mol. The molecule has 0 saturated carbocycles. The van der Waals surface area contributed by atoms with Crippen molar-refractivity contribution in [3.8, 4) is 0 Å². The molecule has 6 heteroatoms. The average Bonchev–Trinajstić information content (AvgIpc) is 2.73. The van der Waals surface area contributed by atoms with Crippen molar-refractivity contribution in [2.24, 2.45) is 5.41 Å². The van der Waals surface area contributed by atoms with Crippen molar-refractivity contribution >= 4 is 29.0 Å². The van der Waals surface area contributed by atoms with E-state index in [1.165, 1.54) is 0 Å². The number of thioether (sulfide) groups is 1. The third-order valence-electron chi connectivity index (χ3n) is 2.95. The van der Waals surface area contributed by atoms with Gasteiger partial charge in [0.1, 0.15) is 0 Å². The van der Waals surface area contributed by atoms with Crippen molar-refractivity contribution in [1.82, 2.24) is 10.3 Å². The quantitative estimate of drug-likeness (QED) is 0.811. The summed E-state index contributed by atoms with van der Waals surface area (Å²) in [5, 5.41) is 15.2. The van der Waals surface area contributed by atoms with Crippen LogP contribution in [0.15, 0.2) is 5.38 Å². The van der Waals surface area contributed by atoms with E-state index in [-0.39, 0.29) is 24.0 Å². The number of carbonyl (C=O) groups is 1. The second-order valence-corrected chi connectivity index (χ2v) is 7.90. The van der Waals surface area contributed by atoms with Crippen LogP contribution in [-0.2, 0) is 10.5 Å². The highest BCUT2D eigenvalue weighted by atomic mass is 32.2. The molecule has 1 atom stereocenters. The number of hydrogen-bond donors (Lipinski definition) is 2. The van der Waals surface area contributed by atoms with Crippen molar-refractivity contribution in [3.05, 3.63) is 16.1 Å². The van der Waals surface area contributed by atoms with E-state index >= 15 is 0 Å². The molecule has 0 fully saturated rings. The Bertz CT molecular complexity index is 427. The largest absolute Gasteiger partial charge is 0.396 e. The first-order valence-electron chi connectivity index (χ1n) is 6.72. The van der Waals surface area contributed by atoms with Gasteiger partial charge in [0, 0.05) is 23.8 Å². The Morgan fingerprint density at radius 3 is 2.75 bits per heavy atom. The lowest BCUT2D eigenvalue weighted by atomic mass is 9.85. The monoisotopic (exact) mass is 316 g/mol. The third kappa shape index (κ3) is 6.24. The minimum atomic E-state index is -0.0465. The molecule has 114 valence electrons. The molecular formula is C14H24N2O2S2. The lowest BCUT2D eigenvalue weighted by Crippen LogP contribution is -2.45. The number of nitrogens with zero attached hydrogens (tertiary/aromatic N) is 1. The fourth-order valence-electron chi connectivity index (χ4n) is 1.81. The predicted molar refractivity (Wildman–Crippen MR) is 86.1 cm³/mol. The smallest absolute Gasteiger partial charge is 0.230 e. The van der Waals surface area contributed by atoms with Crippen LogP contribution in [0.5, 0.6) is 0 Å². The zero-order chi connectivity index (χ0) is 15.2. The maximum atomic E-state index is 11.9. The summed E-state index contributed by atoms with van der Waals surface area (Å²) in [5.74, 6) is 1.21. The molecule has 0 bridgehead atoms. The van der Waals surface area contributed by atoms with Crippen molar-refractivity contribution < 1.29 is 9.90 Å². The zero-order valence-corrected chi connectivity index (χ0v) is 14.2. The Morgan fingerprint density at radius 2 is 2.25 bits per heavy atom. The summed E-state index contributed by atoms with van der Waals surface area (Å²) in [7, 11) is 0. The van der Waals surface area contributed by atoms with Crippen molar-refractivity contribution in [2.75, 3.05) is 12.4 Å². The van der Waals surface area contributed by atoms with Crippen LogP contribution in [-0.4, -0.2) is 34.4 Å². The molecule has 1 amide bonds. The van der Waals surface area contributed by atoms with Crippen LogP contribution in [0.25, 0.3) is 0 Å². The molecule has 1 aromatic heterocycles. The van der Waals surface area contributed by atoms with Gasteiger partial charge in [0.25, 0.3) is 0 Å². The van der Waals surface area contributed by atoms with Crippen LogP contribution in [0, 0.1) is 12.3 Å². The number of nitrogens with one attached hydrogen (secondary N) is 1. The zero-order valence-electron chi connectivity index (χ0n) is 12.6. The Balaban J connectivity index is 2.34. The summed E-state index contributed by atoms with van der Waals surface area (Å²) in [6.45, 7) is 8.28. The number of aryl methyl sites for hydroxylation is 1. The summed E-state index contributed by atoms with van der Waals surface area (Å²) in [6.07, 6.45) is 0.588. The van der Waals surface area contributed by atoms with Gasteiger partial charge in [-0.1, -0.05) is 20.8 Å². The summed E-state index contributed by atoms with van der Waals surface area (Å²) in [5.41, 5.74) is 0.989. The van der Waals surface area contributed by atoms with Crippen LogP contribution in [0.4, 0.5) is 0 Å². The topological polar surface area (TPSA) is 62.2 Å². The molecule has 1 unspecified atom stereocenters. The second-order valence-electron chi connectivity index (χ2n) is 5.85. The summed E-state index contributed by atoms with van der Waals surface area (Å²) in [6, 6.07) is 0.00196. The number of aliphatic hydroxyl groups excluding tert-OH is 1. The maximum Gasteiger partial charge on any atom is 0.230 e. The molecule has 0 aliphatic heterocycles. The normalized spacial score (nSPS) is 13.2. The number of aromatic nitrogens is 1. The van der Waals surface area contributed by atoms with E-state index in [9.17, 15) is 4.79 Å². The van der Waals surface area contributed by atoms with E-state index in [1.54, 1.807) is 23.1 Å².